The van der Waals surface area contributed by atoms with Crippen molar-refractivity contribution in [3.8, 4) is 5.75 Å². The molecule has 0 radical (unpaired) electrons. The molecule has 0 saturated heterocycles. The van der Waals surface area contributed by atoms with Gasteiger partial charge in [-0.25, -0.2) is 9.78 Å². The second-order valence-corrected chi connectivity index (χ2v) is 4.53. The summed E-state index contributed by atoms with van der Waals surface area (Å²) in [6.45, 7) is 1.79. The molecule has 6 heteroatoms. The minimum atomic E-state index is -0.434. The number of benzene rings is 1. The van der Waals surface area contributed by atoms with E-state index in [4.69, 9.17) is 15.2 Å². The van der Waals surface area contributed by atoms with Crippen LogP contribution < -0.4 is 10.5 Å². The van der Waals surface area contributed by atoms with Gasteiger partial charge >= 0.3 is 5.97 Å². The summed E-state index contributed by atoms with van der Waals surface area (Å²) in [5.74, 6) is 0.193. The van der Waals surface area contributed by atoms with Gasteiger partial charge in [-0.1, -0.05) is 11.3 Å². The number of nitrogen functional groups attached to an aromatic ring is 1. The molecule has 0 bridgehead atoms. The molecule has 2 rings (SSSR count). The van der Waals surface area contributed by atoms with Crippen LogP contribution in [0, 0.1) is 6.92 Å². The van der Waals surface area contributed by atoms with Gasteiger partial charge in [0.05, 0.1) is 30.0 Å². The van der Waals surface area contributed by atoms with Gasteiger partial charge in [0.25, 0.3) is 0 Å². The summed E-state index contributed by atoms with van der Waals surface area (Å²) in [5.41, 5.74) is 7.34. The first-order valence-electron chi connectivity index (χ1n) is 4.90. The van der Waals surface area contributed by atoms with Crippen LogP contribution in [0.2, 0.25) is 0 Å². The summed E-state index contributed by atoms with van der Waals surface area (Å²) in [6, 6.07) is 1.82. The van der Waals surface area contributed by atoms with Crippen LogP contribution in [0.4, 0.5) is 5.13 Å². The van der Waals surface area contributed by atoms with Crippen LogP contribution in [0.5, 0.6) is 5.75 Å². The maximum atomic E-state index is 11.8. The van der Waals surface area contributed by atoms with Crippen molar-refractivity contribution in [3.05, 3.63) is 17.2 Å². The molecule has 0 fully saturated rings. The number of hydrogen-bond donors (Lipinski definition) is 1. The van der Waals surface area contributed by atoms with Gasteiger partial charge in [-0.05, 0) is 13.0 Å². The highest BCUT2D eigenvalue weighted by molar-refractivity contribution is 7.22. The first-order chi connectivity index (χ1) is 8.08. The number of nitrogens with two attached hydrogens (primary N) is 1. The van der Waals surface area contributed by atoms with E-state index in [1.165, 1.54) is 18.4 Å². The number of aromatic nitrogens is 1. The summed E-state index contributed by atoms with van der Waals surface area (Å²) in [6.07, 6.45) is 0. The number of rotatable bonds is 2. The van der Waals surface area contributed by atoms with Gasteiger partial charge in [-0.2, -0.15) is 0 Å². The zero-order valence-electron chi connectivity index (χ0n) is 9.73. The molecule has 0 unspecified atom stereocenters. The Hall–Kier alpha value is -1.82. The fourth-order valence-corrected chi connectivity index (χ4v) is 2.49. The number of thiazole rings is 1. The molecule has 2 aromatic rings. The second kappa shape index (κ2) is 4.21. The lowest BCUT2D eigenvalue weighted by Gasteiger charge is -2.09. The average Bonchev–Trinajstić information content (AvgIpc) is 2.67. The van der Waals surface area contributed by atoms with Crippen LogP contribution in [0.25, 0.3) is 10.2 Å². The van der Waals surface area contributed by atoms with Crippen molar-refractivity contribution < 1.29 is 14.3 Å². The van der Waals surface area contributed by atoms with Crippen molar-refractivity contribution in [3.63, 3.8) is 0 Å². The molecule has 1 aromatic carbocycles. The third-order valence-electron chi connectivity index (χ3n) is 2.52. The molecular weight excluding hydrogens is 240 g/mol. The summed E-state index contributed by atoms with van der Waals surface area (Å²) in [7, 11) is 2.89. The maximum Gasteiger partial charge on any atom is 0.340 e. The molecule has 90 valence electrons. The Morgan fingerprint density at radius 1 is 1.47 bits per heavy atom. The van der Waals surface area contributed by atoms with Crippen molar-refractivity contribution in [1.29, 1.82) is 0 Å². The minimum absolute atomic E-state index is 0.412. The van der Waals surface area contributed by atoms with E-state index >= 15 is 0 Å². The number of carbonyl (C=O) groups excluding carboxylic acids is 1. The van der Waals surface area contributed by atoms with Crippen LogP contribution in [-0.4, -0.2) is 25.2 Å². The van der Waals surface area contributed by atoms with Crippen molar-refractivity contribution in [2.75, 3.05) is 20.0 Å². The highest BCUT2D eigenvalue weighted by Gasteiger charge is 2.20. The molecule has 1 heterocycles. The predicted molar refractivity (Wildman–Crippen MR) is 66.7 cm³/mol. The Labute approximate surface area is 102 Å². The summed E-state index contributed by atoms with van der Waals surface area (Å²) >= 11 is 1.31. The number of methoxy groups -OCH3 is 2. The lowest BCUT2D eigenvalue weighted by Crippen LogP contribution is -2.06. The number of nitrogens with zero attached hydrogens (tertiary/aromatic N) is 1. The lowest BCUT2D eigenvalue weighted by molar-refractivity contribution is 0.0601. The number of ether oxygens (including phenoxy) is 2. The molecular formula is C11H12N2O3S. The lowest BCUT2D eigenvalue weighted by atomic mass is 10.1. The topological polar surface area (TPSA) is 74.4 Å². The maximum absolute atomic E-state index is 11.8. The van der Waals surface area contributed by atoms with Crippen molar-refractivity contribution in [2.24, 2.45) is 0 Å². The van der Waals surface area contributed by atoms with Gasteiger partial charge in [-0.15, -0.1) is 0 Å². The third kappa shape index (κ3) is 1.80. The highest BCUT2D eigenvalue weighted by Crippen LogP contribution is 2.34. The van der Waals surface area contributed by atoms with Gasteiger partial charge < -0.3 is 15.2 Å². The van der Waals surface area contributed by atoms with Crippen LogP contribution in [-0.2, 0) is 4.74 Å². The Bertz CT molecular complexity index is 592. The summed E-state index contributed by atoms with van der Waals surface area (Å²) in [5, 5.41) is 0.415. The van der Waals surface area contributed by atoms with Gasteiger partial charge in [0.15, 0.2) is 5.13 Å². The molecule has 17 heavy (non-hydrogen) atoms. The molecule has 0 aliphatic rings. The Morgan fingerprint density at radius 3 is 2.76 bits per heavy atom. The quantitative estimate of drug-likeness (QED) is 0.827. The van der Waals surface area contributed by atoms with Gasteiger partial charge in [0, 0.05) is 5.56 Å². The molecule has 0 aliphatic carbocycles. The van der Waals surface area contributed by atoms with Gasteiger partial charge in [-0.3, -0.25) is 0 Å². The van der Waals surface area contributed by atoms with E-state index in [-0.39, 0.29) is 0 Å². The minimum Gasteiger partial charge on any atom is -0.496 e. The van der Waals surface area contributed by atoms with E-state index < -0.39 is 5.97 Å². The molecule has 0 aliphatic heterocycles. The van der Waals surface area contributed by atoms with Crippen molar-refractivity contribution in [2.45, 2.75) is 6.92 Å². The van der Waals surface area contributed by atoms with Crippen molar-refractivity contribution >= 4 is 32.7 Å². The fraction of sp³-hybridized carbons (Fsp3) is 0.273. The van der Waals surface area contributed by atoms with E-state index in [2.05, 4.69) is 4.98 Å². The largest absolute Gasteiger partial charge is 0.496 e. The van der Waals surface area contributed by atoms with Crippen LogP contribution in [0.1, 0.15) is 15.9 Å². The average molecular weight is 252 g/mol. The summed E-state index contributed by atoms with van der Waals surface area (Å²) < 4.78 is 10.8. The zero-order valence-corrected chi connectivity index (χ0v) is 10.6. The second-order valence-electron chi connectivity index (χ2n) is 3.47. The van der Waals surface area contributed by atoms with Gasteiger partial charge in [0.1, 0.15) is 5.75 Å². The first-order valence-corrected chi connectivity index (χ1v) is 5.72. The predicted octanol–water partition coefficient (Wildman–Crippen LogP) is 1.98. The monoisotopic (exact) mass is 252 g/mol. The zero-order chi connectivity index (χ0) is 12.6. The number of carbonyl (C=O) groups is 1. The summed E-state index contributed by atoms with van der Waals surface area (Å²) in [4.78, 5) is 15.9. The molecule has 1 aromatic heterocycles. The first kappa shape index (κ1) is 11.7. The number of esters is 1. The number of hydrogen-bond acceptors (Lipinski definition) is 6. The molecule has 0 atom stereocenters. The number of fused-ring (bicyclic) bond motifs is 1. The van der Waals surface area contributed by atoms with Crippen LogP contribution in [0.15, 0.2) is 6.07 Å². The van der Waals surface area contributed by atoms with E-state index in [1.807, 2.05) is 6.07 Å². The molecule has 0 spiro atoms. The standard InChI is InChI=1S/C11H12N2O3S/c1-5-6(15-2)4-7-9(13-11(12)17-7)8(5)10(14)16-3/h4H,1-3H3,(H2,12,13). The third-order valence-corrected chi connectivity index (χ3v) is 3.35. The molecule has 0 saturated carbocycles. The Kier molecular flexibility index (Phi) is 2.89. The smallest absolute Gasteiger partial charge is 0.340 e. The molecule has 5 nitrogen and oxygen atoms in total. The molecule has 2 N–H and O–H groups in total. The van der Waals surface area contributed by atoms with Crippen LogP contribution >= 0.6 is 11.3 Å². The number of anilines is 1. The fourth-order valence-electron chi connectivity index (χ4n) is 1.72. The van der Waals surface area contributed by atoms with E-state index in [1.54, 1.807) is 14.0 Å². The van der Waals surface area contributed by atoms with Crippen LogP contribution in [0.3, 0.4) is 0 Å². The molecule has 0 amide bonds. The Balaban J connectivity index is 2.84. The van der Waals surface area contributed by atoms with Gasteiger partial charge in [0.2, 0.25) is 0 Å². The van der Waals surface area contributed by atoms with Crippen molar-refractivity contribution in [1.82, 2.24) is 4.98 Å². The SMILES string of the molecule is COC(=O)c1c(C)c(OC)cc2sc(N)nc12. The normalized spacial score (nSPS) is 10.5. The Morgan fingerprint density at radius 2 is 2.18 bits per heavy atom. The van der Waals surface area contributed by atoms with E-state index in [0.717, 1.165) is 4.70 Å². The highest BCUT2D eigenvalue weighted by atomic mass is 32.1. The van der Waals surface area contributed by atoms with E-state index in [0.29, 0.717) is 27.5 Å². The van der Waals surface area contributed by atoms with E-state index in [9.17, 15) is 4.79 Å².